The highest BCUT2D eigenvalue weighted by molar-refractivity contribution is 7.92. The summed E-state index contributed by atoms with van der Waals surface area (Å²) in [6.07, 6.45) is 2.48. The van der Waals surface area contributed by atoms with Gasteiger partial charge in [-0.1, -0.05) is 42.5 Å². The molecule has 2 amide bonds. The molecule has 0 saturated carbocycles. The highest BCUT2D eigenvalue weighted by atomic mass is 32.2. The average molecular weight is 523 g/mol. The van der Waals surface area contributed by atoms with Gasteiger partial charge in [-0.3, -0.25) is 13.9 Å². The number of hydrogen-bond acceptors (Lipinski definition) is 6. The third kappa shape index (κ3) is 8.46. The molecule has 0 aliphatic carbocycles. The number of aryl methyl sites for hydroxylation is 1. The molecule has 0 spiro atoms. The molecule has 0 unspecified atom stereocenters. The molecule has 0 atom stereocenters. The van der Waals surface area contributed by atoms with Crippen LogP contribution in [0.4, 0.5) is 5.69 Å². The predicted octanol–water partition coefficient (Wildman–Crippen LogP) is 2.91. The first kappa shape index (κ1) is 27.4. The summed E-state index contributed by atoms with van der Waals surface area (Å²) in [6.45, 7) is 3.59. The molecule has 194 valence electrons. The number of carbonyl (C=O) groups is 2. The number of hydrogen-bond donors (Lipinski definition) is 2. The van der Waals surface area contributed by atoms with Crippen molar-refractivity contribution in [2.75, 3.05) is 23.7 Å². The summed E-state index contributed by atoms with van der Waals surface area (Å²) in [5.74, 6) is -0.307. The second-order valence-electron chi connectivity index (χ2n) is 8.40. The van der Waals surface area contributed by atoms with Crippen LogP contribution in [0.1, 0.15) is 22.3 Å². The van der Waals surface area contributed by atoms with Gasteiger partial charge >= 0.3 is 0 Å². The minimum Gasteiger partial charge on any atom is -0.484 e. The minimum atomic E-state index is -3.69. The molecule has 37 heavy (non-hydrogen) atoms. The first-order valence-electron chi connectivity index (χ1n) is 11.5. The first-order valence-corrected chi connectivity index (χ1v) is 13.4. The molecule has 3 aromatic carbocycles. The van der Waals surface area contributed by atoms with E-state index in [1.54, 1.807) is 36.4 Å². The molecular formula is C27H30N4O5S. The Hall–Kier alpha value is -4.18. The number of benzene rings is 3. The Morgan fingerprint density at radius 1 is 0.946 bits per heavy atom. The molecule has 3 rings (SSSR count). The summed E-state index contributed by atoms with van der Waals surface area (Å²) in [5, 5.41) is 6.71. The van der Waals surface area contributed by atoms with Gasteiger partial charge in [0.1, 0.15) is 12.3 Å². The lowest BCUT2D eigenvalue weighted by Gasteiger charge is -2.23. The Morgan fingerprint density at radius 2 is 1.65 bits per heavy atom. The van der Waals surface area contributed by atoms with Crippen molar-refractivity contribution in [2.45, 2.75) is 20.4 Å². The largest absolute Gasteiger partial charge is 0.484 e. The highest BCUT2D eigenvalue weighted by Crippen LogP contribution is 2.24. The van der Waals surface area contributed by atoms with Crippen LogP contribution in [0, 0.1) is 13.8 Å². The molecule has 0 aliphatic heterocycles. The van der Waals surface area contributed by atoms with Crippen molar-refractivity contribution in [3.63, 3.8) is 0 Å². The van der Waals surface area contributed by atoms with E-state index < -0.39 is 22.5 Å². The predicted molar refractivity (Wildman–Crippen MR) is 144 cm³/mol. The summed E-state index contributed by atoms with van der Waals surface area (Å²) < 4.78 is 31.2. The van der Waals surface area contributed by atoms with Crippen molar-refractivity contribution in [3.8, 4) is 5.75 Å². The van der Waals surface area contributed by atoms with Gasteiger partial charge in [0.15, 0.2) is 6.61 Å². The van der Waals surface area contributed by atoms with Gasteiger partial charge in [-0.2, -0.15) is 5.10 Å². The quantitative estimate of drug-likeness (QED) is 0.297. The number of nitrogens with zero attached hydrogens (tertiary/aromatic N) is 2. The zero-order chi connectivity index (χ0) is 26.8. The van der Waals surface area contributed by atoms with Crippen LogP contribution in [0.15, 0.2) is 77.9 Å². The van der Waals surface area contributed by atoms with Crippen LogP contribution in [0.2, 0.25) is 0 Å². The van der Waals surface area contributed by atoms with Crippen LogP contribution in [-0.2, 0) is 26.2 Å². The zero-order valence-corrected chi connectivity index (χ0v) is 21.8. The van der Waals surface area contributed by atoms with Crippen LogP contribution < -0.4 is 19.8 Å². The Morgan fingerprint density at radius 3 is 2.32 bits per heavy atom. The molecule has 3 aromatic rings. The smallest absolute Gasteiger partial charge is 0.260 e. The zero-order valence-electron chi connectivity index (χ0n) is 21.0. The van der Waals surface area contributed by atoms with Gasteiger partial charge in [-0.15, -0.1) is 0 Å². The Bertz CT molecular complexity index is 1360. The molecule has 0 fully saturated rings. The standard InChI is InChI=1S/C27H30N4O5S/c1-20-8-7-11-25(21(20)2)31(37(3,34)35)18-26(32)30-29-17-23-12-14-24(15-13-23)36-19-27(33)28-16-22-9-5-4-6-10-22/h4-15,17H,16,18-19H2,1-3H3,(H,28,33)(H,30,32)/b29-17+. The molecule has 9 nitrogen and oxygen atoms in total. The minimum absolute atomic E-state index is 0.117. The Balaban J connectivity index is 1.49. The van der Waals surface area contributed by atoms with Crippen molar-refractivity contribution in [3.05, 3.63) is 95.1 Å². The average Bonchev–Trinajstić information content (AvgIpc) is 2.87. The van der Waals surface area contributed by atoms with Crippen molar-refractivity contribution in [1.29, 1.82) is 0 Å². The van der Waals surface area contributed by atoms with Crippen LogP contribution in [0.5, 0.6) is 5.75 Å². The van der Waals surface area contributed by atoms with Crippen molar-refractivity contribution in [2.24, 2.45) is 5.10 Å². The van der Waals surface area contributed by atoms with Crippen LogP contribution >= 0.6 is 0 Å². The number of nitrogens with one attached hydrogen (secondary N) is 2. The topological polar surface area (TPSA) is 117 Å². The molecule has 0 aromatic heterocycles. The van der Waals surface area contributed by atoms with E-state index in [2.05, 4.69) is 15.8 Å². The monoisotopic (exact) mass is 522 g/mol. The van der Waals surface area contributed by atoms with Gasteiger partial charge in [0.25, 0.3) is 11.8 Å². The van der Waals surface area contributed by atoms with Gasteiger partial charge in [-0.05, 0) is 66.4 Å². The van der Waals surface area contributed by atoms with Crippen LogP contribution in [0.3, 0.4) is 0 Å². The number of carbonyl (C=O) groups excluding carboxylic acids is 2. The van der Waals surface area contributed by atoms with Gasteiger partial charge in [-0.25, -0.2) is 13.8 Å². The van der Waals surface area contributed by atoms with Crippen molar-refractivity contribution in [1.82, 2.24) is 10.7 Å². The summed E-state index contributed by atoms with van der Waals surface area (Å²) in [7, 11) is -3.69. The molecule has 0 saturated heterocycles. The van der Waals surface area contributed by atoms with Gasteiger partial charge in [0, 0.05) is 6.54 Å². The van der Waals surface area contributed by atoms with E-state index >= 15 is 0 Å². The lowest BCUT2D eigenvalue weighted by Crippen LogP contribution is -2.39. The van der Waals surface area contributed by atoms with Gasteiger partial charge < -0.3 is 10.1 Å². The fourth-order valence-corrected chi connectivity index (χ4v) is 4.28. The van der Waals surface area contributed by atoms with E-state index in [1.807, 2.05) is 50.2 Å². The molecule has 0 radical (unpaired) electrons. The third-order valence-corrected chi connectivity index (χ3v) is 6.64. The van der Waals surface area contributed by atoms with E-state index in [4.69, 9.17) is 4.74 Å². The summed E-state index contributed by atoms with van der Waals surface area (Å²) >= 11 is 0. The fourth-order valence-electron chi connectivity index (χ4n) is 3.38. The number of sulfonamides is 1. The van der Waals surface area contributed by atoms with Gasteiger partial charge in [0.05, 0.1) is 18.2 Å². The number of ether oxygens (including phenoxy) is 1. The summed E-state index contributed by atoms with van der Waals surface area (Å²) in [6, 6.07) is 21.7. The summed E-state index contributed by atoms with van der Waals surface area (Å²) in [5.41, 5.74) is 6.19. The van der Waals surface area contributed by atoms with E-state index in [9.17, 15) is 18.0 Å². The van der Waals surface area contributed by atoms with Crippen molar-refractivity contribution >= 4 is 33.7 Å². The van der Waals surface area contributed by atoms with E-state index in [-0.39, 0.29) is 12.5 Å². The molecule has 10 heteroatoms. The highest BCUT2D eigenvalue weighted by Gasteiger charge is 2.22. The normalized spacial score (nSPS) is 11.2. The first-order chi connectivity index (χ1) is 17.6. The van der Waals surface area contributed by atoms with E-state index in [0.29, 0.717) is 23.5 Å². The maximum atomic E-state index is 12.4. The number of rotatable bonds is 11. The second kappa shape index (κ2) is 12.7. The van der Waals surface area contributed by atoms with Crippen molar-refractivity contribution < 1.29 is 22.7 Å². The number of amides is 2. The molecule has 0 aliphatic rings. The molecular weight excluding hydrogens is 492 g/mol. The molecule has 0 heterocycles. The molecule has 2 N–H and O–H groups in total. The summed E-state index contributed by atoms with van der Waals surface area (Å²) in [4.78, 5) is 24.4. The Kier molecular flexibility index (Phi) is 9.39. The fraction of sp³-hybridized carbons (Fsp3) is 0.222. The number of anilines is 1. The SMILES string of the molecule is Cc1cccc(N(CC(=O)N/N=C/c2ccc(OCC(=O)NCc3ccccc3)cc2)S(C)(=O)=O)c1C. The van der Waals surface area contributed by atoms with Crippen LogP contribution in [-0.4, -0.2) is 45.9 Å². The lowest BCUT2D eigenvalue weighted by molar-refractivity contribution is -0.123. The van der Waals surface area contributed by atoms with E-state index in [0.717, 1.165) is 27.3 Å². The molecule has 0 bridgehead atoms. The van der Waals surface area contributed by atoms with Crippen LogP contribution in [0.25, 0.3) is 0 Å². The van der Waals surface area contributed by atoms with Gasteiger partial charge in [0.2, 0.25) is 10.0 Å². The maximum absolute atomic E-state index is 12.4. The maximum Gasteiger partial charge on any atom is 0.260 e. The lowest BCUT2D eigenvalue weighted by atomic mass is 10.1. The second-order valence-corrected chi connectivity index (χ2v) is 10.3. The number of hydrazone groups is 1. The third-order valence-electron chi connectivity index (χ3n) is 5.52. The Labute approximate surface area is 217 Å². The van der Waals surface area contributed by atoms with E-state index in [1.165, 1.54) is 6.21 Å².